The summed E-state index contributed by atoms with van der Waals surface area (Å²) in [6.45, 7) is 2.64. The summed E-state index contributed by atoms with van der Waals surface area (Å²) in [5.41, 5.74) is 0.612. The average Bonchev–Trinajstić information content (AvgIpc) is 2.54. The first-order valence-corrected chi connectivity index (χ1v) is 9.63. The number of hydrogen-bond donors (Lipinski definition) is 1. The SMILES string of the molecule is CS(=O)(=O)c1cccc(Nc2cc(Cl)nc(N3CCOCC3)n2)c1. The standard InChI is InChI=1S/C15H17ClN4O3S/c1-24(21,22)12-4-2-3-11(9-12)17-14-10-13(16)18-15(19-14)20-5-7-23-8-6-20/h2-4,9-10H,5-8H2,1H3,(H,17,18,19). The minimum absolute atomic E-state index is 0.237. The van der Waals surface area contributed by atoms with Gasteiger partial charge in [-0.1, -0.05) is 17.7 Å². The van der Waals surface area contributed by atoms with Gasteiger partial charge in [0.1, 0.15) is 11.0 Å². The summed E-state index contributed by atoms with van der Waals surface area (Å²) in [5.74, 6) is 1.02. The lowest BCUT2D eigenvalue weighted by Crippen LogP contribution is -2.37. The van der Waals surface area contributed by atoms with E-state index in [9.17, 15) is 8.42 Å². The monoisotopic (exact) mass is 368 g/mol. The molecular formula is C15H17ClN4O3S. The topological polar surface area (TPSA) is 84.4 Å². The van der Waals surface area contributed by atoms with Crippen molar-refractivity contribution in [2.75, 3.05) is 42.8 Å². The van der Waals surface area contributed by atoms with Gasteiger partial charge in [0.15, 0.2) is 9.84 Å². The Morgan fingerprint density at radius 2 is 1.96 bits per heavy atom. The molecule has 0 aliphatic carbocycles. The van der Waals surface area contributed by atoms with E-state index in [2.05, 4.69) is 15.3 Å². The van der Waals surface area contributed by atoms with Crippen LogP contribution in [0.4, 0.5) is 17.5 Å². The zero-order chi connectivity index (χ0) is 17.2. The molecule has 1 saturated heterocycles. The number of hydrogen-bond acceptors (Lipinski definition) is 7. The van der Waals surface area contributed by atoms with Gasteiger partial charge in [0.25, 0.3) is 0 Å². The molecule has 3 rings (SSSR count). The summed E-state index contributed by atoms with van der Waals surface area (Å²) >= 11 is 6.09. The van der Waals surface area contributed by atoms with Crippen molar-refractivity contribution in [1.82, 2.24) is 9.97 Å². The van der Waals surface area contributed by atoms with E-state index >= 15 is 0 Å². The molecule has 0 saturated carbocycles. The highest BCUT2D eigenvalue weighted by Gasteiger charge is 2.15. The van der Waals surface area contributed by atoms with Crippen LogP contribution in [-0.4, -0.2) is 50.9 Å². The number of halogens is 1. The van der Waals surface area contributed by atoms with E-state index in [0.717, 1.165) is 0 Å². The lowest BCUT2D eigenvalue weighted by molar-refractivity contribution is 0.122. The summed E-state index contributed by atoms with van der Waals surface area (Å²) in [6, 6.07) is 8.13. The predicted molar refractivity (Wildman–Crippen MR) is 92.9 cm³/mol. The number of nitrogens with zero attached hydrogens (tertiary/aromatic N) is 3. The van der Waals surface area contributed by atoms with Crippen molar-refractivity contribution in [3.8, 4) is 0 Å². The molecule has 1 N–H and O–H groups in total. The van der Waals surface area contributed by atoms with Crippen LogP contribution in [-0.2, 0) is 14.6 Å². The second kappa shape index (κ2) is 6.92. The Labute approximate surface area is 145 Å². The van der Waals surface area contributed by atoms with E-state index < -0.39 is 9.84 Å². The van der Waals surface area contributed by atoms with Gasteiger partial charge in [-0.2, -0.15) is 4.98 Å². The van der Waals surface area contributed by atoms with Crippen LogP contribution in [0.3, 0.4) is 0 Å². The van der Waals surface area contributed by atoms with Gasteiger partial charge in [0.05, 0.1) is 18.1 Å². The number of anilines is 3. The quantitative estimate of drug-likeness (QED) is 0.827. The fraction of sp³-hybridized carbons (Fsp3) is 0.333. The lowest BCUT2D eigenvalue weighted by Gasteiger charge is -2.27. The number of rotatable bonds is 4. The highest BCUT2D eigenvalue weighted by atomic mass is 35.5. The first kappa shape index (κ1) is 16.9. The molecule has 0 unspecified atom stereocenters. The van der Waals surface area contributed by atoms with Crippen LogP contribution in [0.15, 0.2) is 35.2 Å². The molecule has 1 aromatic carbocycles. The van der Waals surface area contributed by atoms with Gasteiger partial charge < -0.3 is 15.0 Å². The minimum Gasteiger partial charge on any atom is -0.378 e. The lowest BCUT2D eigenvalue weighted by atomic mass is 10.3. The summed E-state index contributed by atoms with van der Waals surface area (Å²) < 4.78 is 28.6. The van der Waals surface area contributed by atoms with Crippen LogP contribution in [0.5, 0.6) is 0 Å². The summed E-state index contributed by atoms with van der Waals surface area (Å²) in [7, 11) is -3.27. The smallest absolute Gasteiger partial charge is 0.228 e. The molecule has 7 nitrogen and oxygen atoms in total. The summed E-state index contributed by atoms with van der Waals surface area (Å²) in [4.78, 5) is 10.9. The van der Waals surface area contributed by atoms with Crippen LogP contribution in [0, 0.1) is 0 Å². The first-order chi connectivity index (χ1) is 11.4. The molecule has 0 radical (unpaired) electrons. The molecule has 1 fully saturated rings. The van der Waals surface area contributed by atoms with Crippen LogP contribution < -0.4 is 10.2 Å². The molecule has 1 aliphatic rings. The molecule has 2 aromatic rings. The Balaban J connectivity index is 1.86. The van der Waals surface area contributed by atoms with E-state index in [1.54, 1.807) is 30.3 Å². The predicted octanol–water partition coefficient (Wildman–Crippen LogP) is 2.11. The van der Waals surface area contributed by atoms with Crippen LogP contribution >= 0.6 is 11.6 Å². The van der Waals surface area contributed by atoms with Gasteiger partial charge in [0.2, 0.25) is 5.95 Å². The van der Waals surface area contributed by atoms with Gasteiger partial charge in [-0.15, -0.1) is 0 Å². The van der Waals surface area contributed by atoms with Crippen molar-refractivity contribution < 1.29 is 13.2 Å². The number of ether oxygens (including phenoxy) is 1. The summed E-state index contributed by atoms with van der Waals surface area (Å²) in [6.07, 6.45) is 1.17. The molecule has 0 spiro atoms. The Hall–Kier alpha value is -1.90. The van der Waals surface area contributed by atoms with Crippen LogP contribution in [0.25, 0.3) is 0 Å². The van der Waals surface area contributed by atoms with Crippen molar-refractivity contribution >= 4 is 38.9 Å². The second-order valence-electron chi connectivity index (χ2n) is 5.40. The fourth-order valence-corrected chi connectivity index (χ4v) is 3.17. The molecule has 1 aromatic heterocycles. The molecule has 9 heteroatoms. The highest BCUT2D eigenvalue weighted by Crippen LogP contribution is 2.23. The molecule has 128 valence electrons. The van der Waals surface area contributed by atoms with Gasteiger partial charge in [-0.3, -0.25) is 0 Å². The Bertz CT molecular complexity index is 838. The van der Waals surface area contributed by atoms with Gasteiger partial charge in [-0.05, 0) is 18.2 Å². The van der Waals surface area contributed by atoms with Crippen molar-refractivity contribution in [3.63, 3.8) is 0 Å². The number of aromatic nitrogens is 2. The Kier molecular flexibility index (Phi) is 4.88. The third kappa shape index (κ3) is 4.14. The minimum atomic E-state index is -3.27. The van der Waals surface area contributed by atoms with E-state index in [4.69, 9.17) is 16.3 Å². The maximum atomic E-state index is 11.7. The second-order valence-corrected chi connectivity index (χ2v) is 7.80. The molecule has 0 atom stereocenters. The molecule has 2 heterocycles. The molecule has 0 bridgehead atoms. The van der Waals surface area contributed by atoms with Crippen molar-refractivity contribution in [2.45, 2.75) is 4.90 Å². The number of benzene rings is 1. The van der Waals surface area contributed by atoms with E-state index in [1.807, 2.05) is 4.90 Å². The first-order valence-electron chi connectivity index (χ1n) is 7.36. The van der Waals surface area contributed by atoms with Crippen molar-refractivity contribution in [1.29, 1.82) is 0 Å². The number of sulfone groups is 1. The van der Waals surface area contributed by atoms with Crippen molar-refractivity contribution in [3.05, 3.63) is 35.5 Å². The number of morpholine rings is 1. The van der Waals surface area contributed by atoms with Crippen molar-refractivity contribution in [2.24, 2.45) is 0 Å². The molecule has 1 aliphatic heterocycles. The highest BCUT2D eigenvalue weighted by molar-refractivity contribution is 7.90. The van der Waals surface area contributed by atoms with E-state index in [0.29, 0.717) is 48.9 Å². The maximum Gasteiger partial charge on any atom is 0.228 e. The average molecular weight is 369 g/mol. The molecule has 24 heavy (non-hydrogen) atoms. The third-order valence-electron chi connectivity index (χ3n) is 3.51. The van der Waals surface area contributed by atoms with Gasteiger partial charge >= 0.3 is 0 Å². The molecule has 0 amide bonds. The summed E-state index contributed by atoms with van der Waals surface area (Å²) in [5, 5.41) is 3.39. The zero-order valence-corrected chi connectivity index (χ0v) is 14.6. The maximum absolute atomic E-state index is 11.7. The van der Waals surface area contributed by atoms with E-state index in [-0.39, 0.29) is 4.90 Å². The largest absolute Gasteiger partial charge is 0.378 e. The Morgan fingerprint density at radius 1 is 1.21 bits per heavy atom. The van der Waals surface area contributed by atoms with Gasteiger partial charge in [-0.25, -0.2) is 13.4 Å². The molecular weight excluding hydrogens is 352 g/mol. The number of nitrogens with one attached hydrogen (secondary N) is 1. The van der Waals surface area contributed by atoms with Crippen LogP contribution in [0.1, 0.15) is 0 Å². The van der Waals surface area contributed by atoms with Crippen LogP contribution in [0.2, 0.25) is 5.15 Å². The third-order valence-corrected chi connectivity index (χ3v) is 4.82. The normalized spacial score (nSPS) is 15.3. The zero-order valence-electron chi connectivity index (χ0n) is 13.1. The Morgan fingerprint density at radius 3 is 2.67 bits per heavy atom. The fourth-order valence-electron chi connectivity index (χ4n) is 2.33. The van der Waals surface area contributed by atoms with E-state index in [1.165, 1.54) is 6.26 Å². The van der Waals surface area contributed by atoms with Gasteiger partial charge in [0, 0.05) is 31.1 Å².